The van der Waals surface area contributed by atoms with Gasteiger partial charge < -0.3 is 14.4 Å². The molecule has 0 spiro atoms. The first-order valence-corrected chi connectivity index (χ1v) is 13.8. The normalized spacial score (nSPS) is 21.4. The maximum atomic E-state index is 13.3. The van der Waals surface area contributed by atoms with Crippen LogP contribution in [0, 0.1) is 5.92 Å². The van der Waals surface area contributed by atoms with Crippen molar-refractivity contribution in [3.8, 4) is 11.5 Å². The molecular weight excluding hydrogens is 466 g/mol. The summed E-state index contributed by atoms with van der Waals surface area (Å²) >= 11 is 0. The largest absolute Gasteiger partial charge is 0.497 e. The van der Waals surface area contributed by atoms with E-state index in [0.717, 1.165) is 44.8 Å². The van der Waals surface area contributed by atoms with Gasteiger partial charge in [0, 0.05) is 52.2 Å². The SMILES string of the molecule is COc1ccc(S(=O)(=O)N2CCCC(C(=O)N3CCN(Cc4ccc5c(c4)CCO5)CC3)C2)cc1. The maximum Gasteiger partial charge on any atom is 0.243 e. The van der Waals surface area contributed by atoms with Crippen LogP contribution in [0.3, 0.4) is 0 Å². The number of nitrogens with zero attached hydrogens (tertiary/aromatic N) is 3. The minimum Gasteiger partial charge on any atom is -0.497 e. The van der Waals surface area contributed by atoms with Gasteiger partial charge in [-0.3, -0.25) is 9.69 Å². The van der Waals surface area contributed by atoms with Gasteiger partial charge in [-0.05, 0) is 54.3 Å². The summed E-state index contributed by atoms with van der Waals surface area (Å²) in [6, 6.07) is 12.8. The lowest BCUT2D eigenvalue weighted by atomic mass is 9.97. The highest BCUT2D eigenvalue weighted by Gasteiger charge is 2.36. The Morgan fingerprint density at radius 1 is 1.06 bits per heavy atom. The third-order valence-corrected chi connectivity index (χ3v) is 9.15. The van der Waals surface area contributed by atoms with Gasteiger partial charge in [-0.15, -0.1) is 0 Å². The topological polar surface area (TPSA) is 79.4 Å². The predicted octanol–water partition coefficient (Wildman–Crippen LogP) is 2.38. The molecule has 2 aromatic carbocycles. The first-order valence-electron chi connectivity index (χ1n) is 12.3. The third kappa shape index (κ3) is 5.17. The fourth-order valence-electron chi connectivity index (χ4n) is 5.24. The molecule has 188 valence electrons. The lowest BCUT2D eigenvalue weighted by molar-refractivity contribution is -0.138. The van der Waals surface area contributed by atoms with Crippen molar-refractivity contribution in [3.63, 3.8) is 0 Å². The van der Waals surface area contributed by atoms with E-state index in [1.54, 1.807) is 31.4 Å². The lowest BCUT2D eigenvalue weighted by Gasteiger charge is -2.38. The molecule has 3 aliphatic heterocycles. The zero-order valence-electron chi connectivity index (χ0n) is 20.2. The monoisotopic (exact) mass is 499 g/mol. The van der Waals surface area contributed by atoms with Crippen molar-refractivity contribution in [1.82, 2.24) is 14.1 Å². The van der Waals surface area contributed by atoms with Crippen LogP contribution in [0.5, 0.6) is 11.5 Å². The molecule has 1 atom stereocenters. The van der Waals surface area contributed by atoms with E-state index in [1.165, 1.54) is 15.4 Å². The Hall–Kier alpha value is -2.62. The minimum atomic E-state index is -3.64. The van der Waals surface area contributed by atoms with Gasteiger partial charge in [0.1, 0.15) is 11.5 Å². The second-order valence-corrected chi connectivity index (χ2v) is 11.5. The van der Waals surface area contributed by atoms with E-state index < -0.39 is 10.0 Å². The van der Waals surface area contributed by atoms with E-state index in [4.69, 9.17) is 9.47 Å². The maximum absolute atomic E-state index is 13.3. The fourth-order valence-corrected chi connectivity index (χ4v) is 6.76. The van der Waals surface area contributed by atoms with Gasteiger partial charge in [-0.1, -0.05) is 12.1 Å². The summed E-state index contributed by atoms with van der Waals surface area (Å²) in [5.74, 6) is 1.40. The molecule has 0 radical (unpaired) electrons. The van der Waals surface area contributed by atoms with Gasteiger partial charge in [-0.25, -0.2) is 8.42 Å². The van der Waals surface area contributed by atoms with Crippen molar-refractivity contribution in [2.75, 3.05) is 53.0 Å². The number of carbonyl (C=O) groups excluding carboxylic acids is 1. The molecule has 9 heteroatoms. The molecule has 0 aromatic heterocycles. The number of carbonyl (C=O) groups is 1. The molecule has 3 aliphatic rings. The summed E-state index contributed by atoms with van der Waals surface area (Å²) in [5.41, 5.74) is 2.56. The molecule has 2 fully saturated rings. The van der Waals surface area contributed by atoms with E-state index in [2.05, 4.69) is 23.1 Å². The summed E-state index contributed by atoms with van der Waals surface area (Å²) in [7, 11) is -2.09. The van der Waals surface area contributed by atoms with Crippen LogP contribution in [0.25, 0.3) is 0 Å². The van der Waals surface area contributed by atoms with E-state index >= 15 is 0 Å². The zero-order valence-corrected chi connectivity index (χ0v) is 21.0. The Bertz CT molecular complexity index is 1160. The summed E-state index contributed by atoms with van der Waals surface area (Å²) in [4.78, 5) is 17.8. The van der Waals surface area contributed by atoms with Gasteiger partial charge in [0.2, 0.25) is 15.9 Å². The number of piperazine rings is 1. The molecule has 1 unspecified atom stereocenters. The first kappa shape index (κ1) is 24.1. The highest BCUT2D eigenvalue weighted by atomic mass is 32.2. The van der Waals surface area contributed by atoms with Crippen molar-refractivity contribution in [2.45, 2.75) is 30.7 Å². The molecular formula is C26H33N3O5S. The van der Waals surface area contributed by atoms with E-state index in [-0.39, 0.29) is 23.3 Å². The molecule has 2 saturated heterocycles. The third-order valence-electron chi connectivity index (χ3n) is 7.27. The first-order chi connectivity index (χ1) is 16.9. The average Bonchev–Trinajstić information content (AvgIpc) is 3.37. The Labute approximate surface area is 207 Å². The average molecular weight is 500 g/mol. The van der Waals surface area contributed by atoms with Crippen LogP contribution < -0.4 is 9.47 Å². The number of hydrogen-bond donors (Lipinski definition) is 0. The molecule has 0 bridgehead atoms. The molecule has 0 aliphatic carbocycles. The van der Waals surface area contributed by atoms with Crippen LogP contribution in [-0.2, 0) is 27.8 Å². The van der Waals surface area contributed by atoms with Gasteiger partial charge in [0.05, 0.1) is 24.5 Å². The van der Waals surface area contributed by atoms with Gasteiger partial charge in [-0.2, -0.15) is 4.31 Å². The van der Waals surface area contributed by atoms with Crippen LogP contribution in [0.1, 0.15) is 24.0 Å². The molecule has 5 rings (SSSR count). The standard InChI is InChI=1S/C26H33N3O5S/c1-33-23-5-7-24(8-6-23)35(31,32)29-11-2-3-22(19-29)26(30)28-14-12-27(13-15-28)18-20-4-9-25-21(17-20)10-16-34-25/h4-9,17,22H,2-3,10-16,18-19H2,1H3. The van der Waals surface area contributed by atoms with Crippen LogP contribution >= 0.6 is 0 Å². The number of piperidine rings is 1. The zero-order chi connectivity index (χ0) is 24.4. The van der Waals surface area contributed by atoms with Crippen molar-refractivity contribution in [2.24, 2.45) is 5.92 Å². The van der Waals surface area contributed by atoms with Crippen LogP contribution in [0.4, 0.5) is 0 Å². The molecule has 8 nitrogen and oxygen atoms in total. The van der Waals surface area contributed by atoms with Gasteiger partial charge >= 0.3 is 0 Å². The Balaban J connectivity index is 1.16. The van der Waals surface area contributed by atoms with Crippen molar-refractivity contribution in [1.29, 1.82) is 0 Å². The minimum absolute atomic E-state index is 0.0777. The molecule has 2 aromatic rings. The Morgan fingerprint density at radius 2 is 1.83 bits per heavy atom. The fraction of sp³-hybridized carbons (Fsp3) is 0.500. The predicted molar refractivity (Wildman–Crippen MR) is 132 cm³/mol. The Morgan fingerprint density at radius 3 is 2.57 bits per heavy atom. The van der Waals surface area contributed by atoms with Crippen LogP contribution in [0.15, 0.2) is 47.4 Å². The Kier molecular flexibility index (Phi) is 7.00. The highest BCUT2D eigenvalue weighted by molar-refractivity contribution is 7.89. The number of ether oxygens (including phenoxy) is 2. The number of amides is 1. The van der Waals surface area contributed by atoms with Crippen LogP contribution in [0.2, 0.25) is 0 Å². The van der Waals surface area contributed by atoms with E-state index in [1.807, 2.05) is 4.90 Å². The number of rotatable bonds is 6. The molecule has 35 heavy (non-hydrogen) atoms. The van der Waals surface area contributed by atoms with Crippen molar-refractivity contribution in [3.05, 3.63) is 53.6 Å². The molecule has 1 amide bonds. The number of fused-ring (bicyclic) bond motifs is 1. The molecule has 0 N–H and O–H groups in total. The summed E-state index contributed by atoms with van der Waals surface area (Å²) < 4.78 is 38.5. The molecule has 0 saturated carbocycles. The second kappa shape index (κ2) is 10.2. The summed E-state index contributed by atoms with van der Waals surface area (Å²) in [5, 5.41) is 0. The second-order valence-electron chi connectivity index (χ2n) is 9.52. The molecule has 3 heterocycles. The van der Waals surface area contributed by atoms with Crippen molar-refractivity contribution < 1.29 is 22.7 Å². The lowest BCUT2D eigenvalue weighted by Crippen LogP contribution is -2.52. The number of benzene rings is 2. The smallest absolute Gasteiger partial charge is 0.243 e. The van der Waals surface area contributed by atoms with E-state index in [0.29, 0.717) is 31.8 Å². The van der Waals surface area contributed by atoms with Gasteiger partial charge in [0.15, 0.2) is 0 Å². The van der Waals surface area contributed by atoms with E-state index in [9.17, 15) is 13.2 Å². The number of methoxy groups -OCH3 is 1. The van der Waals surface area contributed by atoms with Crippen molar-refractivity contribution >= 4 is 15.9 Å². The summed E-state index contributed by atoms with van der Waals surface area (Å²) in [6.07, 6.45) is 2.39. The van der Waals surface area contributed by atoms with Crippen LogP contribution in [-0.4, -0.2) is 81.4 Å². The quantitative estimate of drug-likeness (QED) is 0.607. The highest BCUT2D eigenvalue weighted by Crippen LogP contribution is 2.28. The number of hydrogen-bond acceptors (Lipinski definition) is 6. The van der Waals surface area contributed by atoms with Gasteiger partial charge in [0.25, 0.3) is 0 Å². The summed E-state index contributed by atoms with van der Waals surface area (Å²) in [6.45, 7) is 5.30. The number of sulfonamides is 1.